The number of Topliss-reactive ketones (excluding diaryl/α,β-unsaturated/α-hetero) is 1. The van der Waals surface area contributed by atoms with Crippen LogP contribution in [-0.4, -0.2) is 35.7 Å². The van der Waals surface area contributed by atoms with Crippen LogP contribution in [0.25, 0.3) is 0 Å². The van der Waals surface area contributed by atoms with Crippen molar-refractivity contribution in [1.82, 2.24) is 0 Å². The number of hydrogen-bond donors (Lipinski definition) is 0. The standard InChI is InChI=1S/C26H34O6/c1-15-12-19-20(24(4)9-6-18(29)13-22(15)24)7-10-25(5)21(19)8-11-26(25,32-17(3)28)23(30)14-31-16(2)27/h13,19-21H,1,6-12,14H2,2-5H3/t19-,20+,21+,24-,25+,26+/m1/s1. The first-order chi connectivity index (χ1) is 14.9. The second-order valence-electron chi connectivity index (χ2n) is 10.7. The largest absolute Gasteiger partial charge is 0.458 e. The van der Waals surface area contributed by atoms with Gasteiger partial charge in [0.15, 0.2) is 18.0 Å². The quantitative estimate of drug-likeness (QED) is 0.609. The first kappa shape index (κ1) is 22.9. The molecule has 3 saturated carbocycles. The van der Waals surface area contributed by atoms with Gasteiger partial charge in [0, 0.05) is 25.7 Å². The maximum Gasteiger partial charge on any atom is 0.303 e. The molecule has 4 aliphatic carbocycles. The molecule has 32 heavy (non-hydrogen) atoms. The minimum atomic E-state index is -1.27. The zero-order valence-corrected chi connectivity index (χ0v) is 19.6. The molecule has 0 bridgehead atoms. The zero-order chi connectivity index (χ0) is 23.5. The lowest BCUT2D eigenvalue weighted by atomic mass is 9.45. The molecular formula is C26H34O6. The van der Waals surface area contributed by atoms with Gasteiger partial charge in [-0.05, 0) is 73.3 Å². The first-order valence-corrected chi connectivity index (χ1v) is 11.7. The summed E-state index contributed by atoms with van der Waals surface area (Å²) in [4.78, 5) is 49.0. The lowest BCUT2D eigenvalue weighted by Gasteiger charge is -2.59. The molecule has 3 fully saturated rings. The average molecular weight is 443 g/mol. The summed E-state index contributed by atoms with van der Waals surface area (Å²) in [6.45, 7) is 10.9. The van der Waals surface area contributed by atoms with Gasteiger partial charge in [-0.3, -0.25) is 19.2 Å². The Kier molecular flexibility index (Phi) is 5.50. The minimum Gasteiger partial charge on any atom is -0.458 e. The second kappa shape index (κ2) is 7.67. The molecular weight excluding hydrogens is 408 g/mol. The monoisotopic (exact) mass is 442 g/mol. The van der Waals surface area contributed by atoms with Crippen molar-refractivity contribution in [3.05, 3.63) is 23.8 Å². The molecule has 0 aromatic rings. The van der Waals surface area contributed by atoms with Crippen LogP contribution in [0.1, 0.15) is 72.6 Å². The van der Waals surface area contributed by atoms with Crippen LogP contribution in [0.4, 0.5) is 0 Å². The molecule has 6 nitrogen and oxygen atoms in total. The zero-order valence-electron chi connectivity index (χ0n) is 19.6. The van der Waals surface area contributed by atoms with E-state index in [1.54, 1.807) is 0 Å². The Bertz CT molecular complexity index is 931. The summed E-state index contributed by atoms with van der Waals surface area (Å²) in [6.07, 6.45) is 6.89. The highest BCUT2D eigenvalue weighted by Crippen LogP contribution is 2.69. The van der Waals surface area contributed by atoms with Crippen molar-refractivity contribution >= 4 is 23.5 Å². The summed E-state index contributed by atoms with van der Waals surface area (Å²) in [5.74, 6) is -0.240. The highest BCUT2D eigenvalue weighted by molar-refractivity contribution is 5.93. The SMILES string of the molecule is C=C1C[C@@H]2[C@H](CC[C@@]3(C)[C@H]2CC[C@]3(OC(C)=O)C(=O)COC(C)=O)[C@@]2(C)CCC(=O)C=C12. The van der Waals surface area contributed by atoms with E-state index >= 15 is 0 Å². The van der Waals surface area contributed by atoms with E-state index in [0.29, 0.717) is 24.7 Å². The first-order valence-electron chi connectivity index (χ1n) is 11.7. The van der Waals surface area contributed by atoms with E-state index in [4.69, 9.17) is 9.47 Å². The second-order valence-corrected chi connectivity index (χ2v) is 10.7. The van der Waals surface area contributed by atoms with Gasteiger partial charge >= 0.3 is 11.9 Å². The van der Waals surface area contributed by atoms with Crippen LogP contribution < -0.4 is 0 Å². The van der Waals surface area contributed by atoms with Crippen molar-refractivity contribution in [2.45, 2.75) is 78.2 Å². The van der Waals surface area contributed by atoms with Crippen molar-refractivity contribution in [1.29, 1.82) is 0 Å². The van der Waals surface area contributed by atoms with E-state index in [1.165, 1.54) is 13.8 Å². The molecule has 4 aliphatic rings. The van der Waals surface area contributed by atoms with E-state index in [0.717, 1.165) is 43.3 Å². The normalized spacial score (nSPS) is 40.5. The Hall–Kier alpha value is -2.24. The maximum atomic E-state index is 13.4. The van der Waals surface area contributed by atoms with Crippen LogP contribution in [0.2, 0.25) is 0 Å². The summed E-state index contributed by atoms with van der Waals surface area (Å²) in [5, 5.41) is 0. The summed E-state index contributed by atoms with van der Waals surface area (Å²) in [6, 6.07) is 0. The van der Waals surface area contributed by atoms with Gasteiger partial charge in [-0.25, -0.2) is 0 Å². The Morgan fingerprint density at radius 2 is 1.75 bits per heavy atom. The fraction of sp³-hybridized carbons (Fsp3) is 0.692. The van der Waals surface area contributed by atoms with Crippen molar-refractivity contribution in [2.75, 3.05) is 6.61 Å². The summed E-state index contributed by atoms with van der Waals surface area (Å²) in [5.41, 5.74) is 0.268. The third kappa shape index (κ3) is 3.20. The van der Waals surface area contributed by atoms with Crippen molar-refractivity contribution in [2.24, 2.45) is 28.6 Å². The average Bonchev–Trinajstić information content (AvgIpc) is 3.00. The Morgan fingerprint density at radius 1 is 1.06 bits per heavy atom. The highest BCUT2D eigenvalue weighted by Gasteiger charge is 2.68. The fourth-order valence-corrected chi connectivity index (χ4v) is 7.77. The Balaban J connectivity index is 1.71. The Labute approximate surface area is 189 Å². The number of carbonyl (C=O) groups excluding carboxylic acids is 4. The van der Waals surface area contributed by atoms with Crippen LogP contribution >= 0.6 is 0 Å². The van der Waals surface area contributed by atoms with Gasteiger partial charge in [-0.2, -0.15) is 0 Å². The van der Waals surface area contributed by atoms with Crippen molar-refractivity contribution in [3.63, 3.8) is 0 Å². The Morgan fingerprint density at radius 3 is 2.41 bits per heavy atom. The molecule has 4 rings (SSSR count). The number of hydrogen-bond acceptors (Lipinski definition) is 6. The molecule has 174 valence electrons. The molecule has 6 heteroatoms. The molecule has 0 aromatic carbocycles. The molecule has 0 radical (unpaired) electrons. The smallest absolute Gasteiger partial charge is 0.303 e. The van der Waals surface area contributed by atoms with Crippen molar-refractivity contribution in [3.8, 4) is 0 Å². The van der Waals surface area contributed by atoms with Gasteiger partial charge < -0.3 is 9.47 Å². The van der Waals surface area contributed by atoms with Gasteiger partial charge in [0.2, 0.25) is 5.78 Å². The van der Waals surface area contributed by atoms with Crippen LogP contribution in [0.5, 0.6) is 0 Å². The number of allylic oxidation sites excluding steroid dienone is 2. The number of fused-ring (bicyclic) bond motifs is 5. The lowest BCUT2D eigenvalue weighted by Crippen LogP contribution is -2.60. The van der Waals surface area contributed by atoms with E-state index < -0.39 is 23.0 Å². The van der Waals surface area contributed by atoms with Gasteiger partial charge in [-0.1, -0.05) is 26.0 Å². The minimum absolute atomic E-state index is 0.0797. The number of esters is 2. The molecule has 6 atom stereocenters. The van der Waals surface area contributed by atoms with Crippen LogP contribution in [0.15, 0.2) is 23.8 Å². The third-order valence-corrected chi connectivity index (χ3v) is 9.22. The number of ketones is 2. The number of carbonyl (C=O) groups is 4. The van der Waals surface area contributed by atoms with E-state index in [-0.39, 0.29) is 29.5 Å². The summed E-state index contributed by atoms with van der Waals surface area (Å²) < 4.78 is 10.9. The molecule has 0 spiro atoms. The number of ether oxygens (including phenoxy) is 2. The predicted molar refractivity (Wildman–Crippen MR) is 117 cm³/mol. The van der Waals surface area contributed by atoms with Gasteiger partial charge in [0.25, 0.3) is 0 Å². The van der Waals surface area contributed by atoms with Gasteiger partial charge in [0.1, 0.15) is 0 Å². The highest BCUT2D eigenvalue weighted by atomic mass is 16.6. The fourth-order valence-electron chi connectivity index (χ4n) is 7.77. The predicted octanol–water partition coefficient (Wildman–Crippen LogP) is 4.12. The van der Waals surface area contributed by atoms with Crippen LogP contribution in [-0.2, 0) is 28.7 Å². The van der Waals surface area contributed by atoms with Gasteiger partial charge in [-0.15, -0.1) is 0 Å². The van der Waals surface area contributed by atoms with Crippen molar-refractivity contribution < 1.29 is 28.7 Å². The topological polar surface area (TPSA) is 86.7 Å². The summed E-state index contributed by atoms with van der Waals surface area (Å²) in [7, 11) is 0. The maximum absolute atomic E-state index is 13.4. The third-order valence-electron chi connectivity index (χ3n) is 9.22. The molecule has 0 amide bonds. The molecule has 0 unspecified atom stereocenters. The van der Waals surface area contributed by atoms with Crippen LogP contribution in [0.3, 0.4) is 0 Å². The molecule has 0 N–H and O–H groups in total. The van der Waals surface area contributed by atoms with E-state index in [9.17, 15) is 19.2 Å². The number of rotatable bonds is 4. The molecule has 0 heterocycles. The lowest BCUT2D eigenvalue weighted by molar-refractivity contribution is -0.190. The summed E-state index contributed by atoms with van der Waals surface area (Å²) >= 11 is 0. The molecule has 0 saturated heterocycles. The van der Waals surface area contributed by atoms with Crippen LogP contribution in [0, 0.1) is 28.6 Å². The molecule has 0 aromatic heterocycles. The van der Waals surface area contributed by atoms with E-state index in [1.807, 2.05) is 6.08 Å². The molecule has 0 aliphatic heterocycles. The van der Waals surface area contributed by atoms with E-state index in [2.05, 4.69) is 20.4 Å². The van der Waals surface area contributed by atoms with Gasteiger partial charge in [0.05, 0.1) is 0 Å².